The molecular weight excluding hydrogens is 489 g/mol. The van der Waals surface area contributed by atoms with Gasteiger partial charge in [-0.3, -0.25) is 0 Å². The maximum absolute atomic E-state index is 15.1. The summed E-state index contributed by atoms with van der Waals surface area (Å²) < 4.78 is 45.0. The van der Waals surface area contributed by atoms with Gasteiger partial charge in [-0.05, 0) is 84.2 Å². The molecule has 1 aliphatic carbocycles. The van der Waals surface area contributed by atoms with Crippen LogP contribution in [0.3, 0.4) is 0 Å². The fraction of sp³-hybridized carbons (Fsp3) is 0.500. The van der Waals surface area contributed by atoms with Crippen molar-refractivity contribution in [3.8, 4) is 22.3 Å². The second-order valence-corrected chi connectivity index (χ2v) is 11.6. The summed E-state index contributed by atoms with van der Waals surface area (Å²) >= 11 is 0. The number of unbranched alkanes of at least 4 members (excludes halogenated alkanes) is 6. The molecule has 1 saturated carbocycles. The third kappa shape index (κ3) is 7.77. The van der Waals surface area contributed by atoms with Crippen molar-refractivity contribution in [2.45, 2.75) is 110 Å². The average molecular weight is 535 g/mol. The molecule has 3 aromatic carbocycles. The van der Waals surface area contributed by atoms with E-state index in [2.05, 4.69) is 13.8 Å². The van der Waals surface area contributed by atoms with Crippen LogP contribution in [-0.2, 0) is 6.42 Å². The van der Waals surface area contributed by atoms with Crippen LogP contribution in [-0.4, -0.2) is 0 Å². The Morgan fingerprint density at radius 3 is 1.92 bits per heavy atom. The van der Waals surface area contributed by atoms with Crippen molar-refractivity contribution >= 4 is 0 Å². The lowest BCUT2D eigenvalue weighted by Gasteiger charge is -2.29. The van der Waals surface area contributed by atoms with Gasteiger partial charge in [0.15, 0.2) is 11.6 Å². The van der Waals surface area contributed by atoms with Crippen LogP contribution >= 0.6 is 0 Å². The molecule has 0 N–H and O–H groups in total. The first-order chi connectivity index (χ1) is 19.0. The van der Waals surface area contributed by atoms with Gasteiger partial charge < -0.3 is 0 Å². The van der Waals surface area contributed by atoms with Crippen molar-refractivity contribution in [2.75, 3.05) is 0 Å². The van der Waals surface area contributed by atoms with Gasteiger partial charge in [0.2, 0.25) is 0 Å². The molecular formula is C36H45F3. The molecule has 1 aliphatic rings. The highest BCUT2D eigenvalue weighted by molar-refractivity contribution is 5.71. The lowest BCUT2D eigenvalue weighted by Crippen LogP contribution is -2.14. The van der Waals surface area contributed by atoms with Gasteiger partial charge in [0.1, 0.15) is 5.82 Å². The minimum Gasteiger partial charge on any atom is -0.207 e. The van der Waals surface area contributed by atoms with E-state index in [-0.39, 0.29) is 11.4 Å². The normalized spacial score (nSPS) is 17.5. The summed E-state index contributed by atoms with van der Waals surface area (Å²) in [6, 6.07) is 16.3. The fourth-order valence-electron chi connectivity index (χ4n) is 6.33. The zero-order chi connectivity index (χ0) is 27.6. The van der Waals surface area contributed by atoms with Gasteiger partial charge in [-0.25, -0.2) is 13.2 Å². The first kappa shape index (κ1) is 29.4. The average Bonchev–Trinajstić information content (AvgIpc) is 2.95. The summed E-state index contributed by atoms with van der Waals surface area (Å²) in [5.41, 5.74) is 3.85. The predicted molar refractivity (Wildman–Crippen MR) is 158 cm³/mol. The molecule has 3 heteroatoms. The number of hydrogen-bond donors (Lipinski definition) is 0. The Labute approximate surface area is 234 Å². The van der Waals surface area contributed by atoms with E-state index in [1.54, 1.807) is 30.3 Å². The molecule has 210 valence electrons. The van der Waals surface area contributed by atoms with Crippen LogP contribution < -0.4 is 0 Å². The molecule has 0 nitrogen and oxygen atoms in total. The molecule has 1 fully saturated rings. The minimum atomic E-state index is -0.785. The smallest absolute Gasteiger partial charge is 0.166 e. The van der Waals surface area contributed by atoms with E-state index in [9.17, 15) is 4.39 Å². The molecule has 0 amide bonds. The Hall–Kier alpha value is -2.55. The van der Waals surface area contributed by atoms with E-state index in [0.29, 0.717) is 23.5 Å². The highest BCUT2D eigenvalue weighted by atomic mass is 19.2. The molecule has 0 aliphatic heterocycles. The van der Waals surface area contributed by atoms with Gasteiger partial charge in [0.05, 0.1) is 0 Å². The Kier molecular flexibility index (Phi) is 11.1. The maximum atomic E-state index is 15.1. The Bertz CT molecular complexity index is 1170. The van der Waals surface area contributed by atoms with Gasteiger partial charge in [-0.1, -0.05) is 114 Å². The monoisotopic (exact) mass is 534 g/mol. The standard InChI is InChI=1S/C36H45F3/c1-3-5-6-7-8-9-10-12-30-21-24-33(36(39)35(30)38)29-19-17-27(18-20-29)31-22-23-32(34(37)25-31)28-15-13-26(11-4-2)14-16-28/h17-26,28H,3-16H2,1-2H3. The first-order valence-corrected chi connectivity index (χ1v) is 15.4. The van der Waals surface area contributed by atoms with Crippen molar-refractivity contribution in [1.82, 2.24) is 0 Å². The van der Waals surface area contributed by atoms with Gasteiger partial charge in [0.25, 0.3) is 0 Å². The lowest BCUT2D eigenvalue weighted by atomic mass is 9.77. The quantitative estimate of drug-likeness (QED) is 0.191. The summed E-state index contributed by atoms with van der Waals surface area (Å²) in [5, 5.41) is 0. The molecule has 0 bridgehead atoms. The summed E-state index contributed by atoms with van der Waals surface area (Å²) in [6.45, 7) is 4.44. The Morgan fingerprint density at radius 2 is 1.26 bits per heavy atom. The molecule has 0 heterocycles. The number of rotatable bonds is 13. The third-order valence-corrected chi connectivity index (χ3v) is 8.73. The summed E-state index contributed by atoms with van der Waals surface area (Å²) in [7, 11) is 0. The first-order valence-electron chi connectivity index (χ1n) is 15.4. The third-order valence-electron chi connectivity index (χ3n) is 8.73. The van der Waals surface area contributed by atoms with Gasteiger partial charge in [-0.15, -0.1) is 0 Å². The highest BCUT2D eigenvalue weighted by Gasteiger charge is 2.24. The molecule has 0 aromatic heterocycles. The molecule has 0 spiro atoms. The van der Waals surface area contributed by atoms with E-state index in [4.69, 9.17) is 0 Å². The van der Waals surface area contributed by atoms with E-state index in [1.165, 1.54) is 51.4 Å². The van der Waals surface area contributed by atoms with Crippen LogP contribution in [0.1, 0.15) is 114 Å². The topological polar surface area (TPSA) is 0 Å². The van der Waals surface area contributed by atoms with Crippen molar-refractivity contribution in [1.29, 1.82) is 0 Å². The van der Waals surface area contributed by atoms with Crippen molar-refractivity contribution in [3.05, 3.63) is 83.2 Å². The number of benzene rings is 3. The molecule has 39 heavy (non-hydrogen) atoms. The molecule has 0 unspecified atom stereocenters. The summed E-state index contributed by atoms with van der Waals surface area (Å²) in [4.78, 5) is 0. The SMILES string of the molecule is CCCCCCCCCc1ccc(-c2ccc(-c3ccc(C4CCC(CCC)CC4)c(F)c3)cc2)c(F)c1F. The van der Waals surface area contributed by atoms with E-state index >= 15 is 8.78 Å². The van der Waals surface area contributed by atoms with Crippen LogP contribution in [0.2, 0.25) is 0 Å². The Balaban J connectivity index is 1.38. The highest BCUT2D eigenvalue weighted by Crippen LogP contribution is 2.39. The van der Waals surface area contributed by atoms with E-state index < -0.39 is 11.6 Å². The largest absolute Gasteiger partial charge is 0.207 e. The Morgan fingerprint density at radius 1 is 0.615 bits per heavy atom. The summed E-state index contributed by atoms with van der Waals surface area (Å²) in [5.74, 6) is -0.552. The van der Waals surface area contributed by atoms with Gasteiger partial charge in [0, 0.05) is 5.56 Å². The predicted octanol–water partition coefficient (Wildman–Crippen LogP) is 11.8. The number of halogens is 3. The molecule has 0 saturated heterocycles. The second kappa shape index (κ2) is 14.7. The van der Waals surface area contributed by atoms with Gasteiger partial charge >= 0.3 is 0 Å². The molecule has 3 aromatic rings. The van der Waals surface area contributed by atoms with Crippen LogP contribution in [0, 0.1) is 23.4 Å². The van der Waals surface area contributed by atoms with Crippen LogP contribution in [0.5, 0.6) is 0 Å². The molecule has 4 rings (SSSR count). The van der Waals surface area contributed by atoms with Crippen LogP contribution in [0.25, 0.3) is 22.3 Å². The second-order valence-electron chi connectivity index (χ2n) is 11.6. The zero-order valence-electron chi connectivity index (χ0n) is 23.9. The van der Waals surface area contributed by atoms with Crippen LogP contribution in [0.4, 0.5) is 13.2 Å². The van der Waals surface area contributed by atoms with Crippen molar-refractivity contribution in [2.24, 2.45) is 5.92 Å². The van der Waals surface area contributed by atoms with Crippen molar-refractivity contribution in [3.63, 3.8) is 0 Å². The lowest BCUT2D eigenvalue weighted by molar-refractivity contribution is 0.304. The maximum Gasteiger partial charge on any atom is 0.166 e. The molecule has 0 radical (unpaired) electrons. The summed E-state index contributed by atoms with van der Waals surface area (Å²) in [6.07, 6.45) is 15.6. The minimum absolute atomic E-state index is 0.139. The van der Waals surface area contributed by atoms with Gasteiger partial charge in [-0.2, -0.15) is 0 Å². The fourth-order valence-corrected chi connectivity index (χ4v) is 6.33. The zero-order valence-corrected chi connectivity index (χ0v) is 23.9. The van der Waals surface area contributed by atoms with Crippen molar-refractivity contribution < 1.29 is 13.2 Å². The number of hydrogen-bond acceptors (Lipinski definition) is 0. The molecule has 0 atom stereocenters. The van der Waals surface area contributed by atoms with Crippen LogP contribution in [0.15, 0.2) is 54.6 Å². The van der Waals surface area contributed by atoms with E-state index in [1.807, 2.05) is 24.3 Å². The van der Waals surface area contributed by atoms with E-state index in [0.717, 1.165) is 54.7 Å². The number of aryl methyl sites for hydroxylation is 1.